The van der Waals surface area contributed by atoms with Crippen LogP contribution < -0.4 is 10.6 Å². The van der Waals surface area contributed by atoms with E-state index in [1.54, 1.807) is 6.07 Å². The van der Waals surface area contributed by atoms with Crippen molar-refractivity contribution in [3.05, 3.63) is 11.9 Å². The summed E-state index contributed by atoms with van der Waals surface area (Å²) in [5.41, 5.74) is 0. The van der Waals surface area contributed by atoms with E-state index < -0.39 is 0 Å². The van der Waals surface area contributed by atoms with Crippen molar-refractivity contribution in [3.63, 3.8) is 0 Å². The molecule has 4 N–H and O–H groups in total. The molecule has 6 nitrogen and oxygen atoms in total. The first-order valence-corrected chi connectivity index (χ1v) is 6.38. The number of aromatic nitrogens is 2. The summed E-state index contributed by atoms with van der Waals surface area (Å²) in [6.45, 7) is 2.55. The van der Waals surface area contributed by atoms with E-state index in [-0.39, 0.29) is 19.3 Å². The predicted octanol–water partition coefficient (Wildman–Crippen LogP) is 0.551. The normalized spacial score (nSPS) is 14.9. The van der Waals surface area contributed by atoms with Crippen molar-refractivity contribution >= 4 is 11.6 Å². The highest BCUT2D eigenvalue weighted by molar-refractivity contribution is 5.48. The van der Waals surface area contributed by atoms with Crippen LogP contribution in [0.1, 0.15) is 31.5 Å². The zero-order valence-electron chi connectivity index (χ0n) is 10.6. The average molecular weight is 252 g/mol. The van der Waals surface area contributed by atoms with Crippen LogP contribution in [0.5, 0.6) is 0 Å². The van der Waals surface area contributed by atoms with E-state index in [4.69, 9.17) is 10.2 Å². The molecule has 1 aromatic rings. The van der Waals surface area contributed by atoms with Gasteiger partial charge in [0.2, 0.25) is 0 Å². The quantitative estimate of drug-likeness (QED) is 0.566. The molecule has 6 heteroatoms. The van der Waals surface area contributed by atoms with Gasteiger partial charge < -0.3 is 20.8 Å². The second-order valence-electron chi connectivity index (χ2n) is 4.51. The van der Waals surface area contributed by atoms with Crippen LogP contribution in [0, 0.1) is 0 Å². The molecular weight excluding hydrogens is 232 g/mol. The van der Waals surface area contributed by atoms with Gasteiger partial charge in [-0.1, -0.05) is 0 Å². The summed E-state index contributed by atoms with van der Waals surface area (Å²) < 4.78 is 0. The van der Waals surface area contributed by atoms with Gasteiger partial charge in [-0.05, 0) is 19.8 Å². The number of aliphatic hydroxyl groups excluding tert-OH is 2. The second kappa shape index (κ2) is 5.97. The Bertz CT molecular complexity index is 392. The summed E-state index contributed by atoms with van der Waals surface area (Å²) in [5.74, 6) is 2.74. The molecule has 0 atom stereocenters. The fourth-order valence-corrected chi connectivity index (χ4v) is 1.69. The first-order valence-electron chi connectivity index (χ1n) is 6.38. The molecule has 1 aromatic heterocycles. The number of aliphatic hydroxyl groups is 2. The molecule has 18 heavy (non-hydrogen) atoms. The minimum absolute atomic E-state index is 0.129. The van der Waals surface area contributed by atoms with Gasteiger partial charge in [-0.15, -0.1) is 0 Å². The summed E-state index contributed by atoms with van der Waals surface area (Å²) in [6.07, 6.45) is 2.27. The van der Waals surface area contributed by atoms with Crippen molar-refractivity contribution in [2.75, 3.05) is 30.4 Å². The molecule has 0 spiro atoms. The van der Waals surface area contributed by atoms with Crippen molar-refractivity contribution in [3.8, 4) is 0 Å². The summed E-state index contributed by atoms with van der Waals surface area (Å²) in [7, 11) is 0. The standard InChI is InChI=1S/C12H20N4O2/c1-2-13-10-5-11(14-9(6-17)7-18)16-12(15-10)8-3-4-8/h5,8-9,17-18H,2-4,6-7H2,1H3,(H2,13,14,15,16). The topological polar surface area (TPSA) is 90.3 Å². The average Bonchev–Trinajstić information content (AvgIpc) is 3.20. The number of hydrogen-bond donors (Lipinski definition) is 4. The molecular formula is C12H20N4O2. The maximum Gasteiger partial charge on any atom is 0.136 e. The van der Waals surface area contributed by atoms with Gasteiger partial charge in [0.05, 0.1) is 19.3 Å². The number of nitrogens with one attached hydrogen (secondary N) is 2. The van der Waals surface area contributed by atoms with Crippen molar-refractivity contribution in [1.29, 1.82) is 0 Å². The van der Waals surface area contributed by atoms with Crippen molar-refractivity contribution in [2.24, 2.45) is 0 Å². The molecule has 0 unspecified atom stereocenters. The third-order valence-electron chi connectivity index (χ3n) is 2.84. The van der Waals surface area contributed by atoms with Crippen molar-refractivity contribution in [2.45, 2.75) is 31.7 Å². The van der Waals surface area contributed by atoms with E-state index in [1.807, 2.05) is 6.92 Å². The van der Waals surface area contributed by atoms with Crippen LogP contribution in [0.25, 0.3) is 0 Å². The Morgan fingerprint density at radius 1 is 1.28 bits per heavy atom. The maximum absolute atomic E-state index is 9.07. The minimum Gasteiger partial charge on any atom is -0.394 e. The van der Waals surface area contributed by atoms with Crippen LogP contribution >= 0.6 is 0 Å². The molecule has 0 radical (unpaired) electrons. The zero-order valence-corrected chi connectivity index (χ0v) is 10.6. The molecule has 0 aliphatic heterocycles. The fraction of sp³-hybridized carbons (Fsp3) is 0.667. The lowest BCUT2D eigenvalue weighted by Gasteiger charge is -2.15. The van der Waals surface area contributed by atoms with E-state index in [0.717, 1.165) is 31.0 Å². The third kappa shape index (κ3) is 3.30. The Kier molecular flexibility index (Phi) is 4.33. The van der Waals surface area contributed by atoms with Crippen LogP contribution in [0.2, 0.25) is 0 Å². The molecule has 0 saturated heterocycles. The van der Waals surface area contributed by atoms with Gasteiger partial charge in [0.1, 0.15) is 17.5 Å². The number of hydrogen-bond acceptors (Lipinski definition) is 6. The lowest BCUT2D eigenvalue weighted by molar-refractivity contribution is 0.203. The first-order chi connectivity index (χ1) is 8.76. The van der Waals surface area contributed by atoms with Crippen LogP contribution in [0.15, 0.2) is 6.07 Å². The summed E-state index contributed by atoms with van der Waals surface area (Å²) in [6, 6.07) is 1.41. The minimum atomic E-state index is -0.388. The fourth-order valence-electron chi connectivity index (χ4n) is 1.69. The molecule has 0 aromatic carbocycles. The Labute approximate surface area is 106 Å². The van der Waals surface area contributed by atoms with E-state index in [9.17, 15) is 0 Å². The summed E-state index contributed by atoms with van der Waals surface area (Å²) >= 11 is 0. The maximum atomic E-state index is 9.07. The second-order valence-corrected chi connectivity index (χ2v) is 4.51. The largest absolute Gasteiger partial charge is 0.394 e. The van der Waals surface area contributed by atoms with Crippen LogP contribution in [-0.4, -0.2) is 46.0 Å². The highest BCUT2D eigenvalue weighted by atomic mass is 16.3. The number of nitrogens with zero attached hydrogens (tertiary/aromatic N) is 2. The molecule has 100 valence electrons. The zero-order chi connectivity index (χ0) is 13.0. The van der Waals surface area contributed by atoms with Crippen LogP contribution in [0.4, 0.5) is 11.6 Å². The third-order valence-corrected chi connectivity index (χ3v) is 2.84. The first kappa shape index (κ1) is 13.0. The van der Waals surface area contributed by atoms with Gasteiger partial charge in [0.25, 0.3) is 0 Å². The monoisotopic (exact) mass is 252 g/mol. The van der Waals surface area contributed by atoms with Gasteiger partial charge in [0, 0.05) is 18.5 Å². The van der Waals surface area contributed by atoms with Crippen molar-refractivity contribution < 1.29 is 10.2 Å². The molecule has 1 aliphatic rings. The SMILES string of the molecule is CCNc1cc(NC(CO)CO)nc(C2CC2)n1. The molecule has 0 amide bonds. The van der Waals surface area contributed by atoms with Gasteiger partial charge in [-0.25, -0.2) is 9.97 Å². The predicted molar refractivity (Wildman–Crippen MR) is 69.8 cm³/mol. The van der Waals surface area contributed by atoms with E-state index in [0.29, 0.717) is 11.7 Å². The summed E-state index contributed by atoms with van der Waals surface area (Å²) in [5, 5.41) is 24.3. The molecule has 1 heterocycles. The van der Waals surface area contributed by atoms with Crippen molar-refractivity contribution in [1.82, 2.24) is 9.97 Å². The Morgan fingerprint density at radius 3 is 2.50 bits per heavy atom. The van der Waals surface area contributed by atoms with Gasteiger partial charge >= 0.3 is 0 Å². The molecule has 1 saturated carbocycles. The molecule has 1 aliphatic carbocycles. The number of rotatable bonds is 7. The highest BCUT2D eigenvalue weighted by Gasteiger charge is 2.27. The van der Waals surface area contributed by atoms with Gasteiger partial charge in [0.15, 0.2) is 0 Å². The highest BCUT2D eigenvalue weighted by Crippen LogP contribution is 2.38. The lowest BCUT2D eigenvalue weighted by atomic mass is 10.3. The van der Waals surface area contributed by atoms with Crippen LogP contribution in [0.3, 0.4) is 0 Å². The van der Waals surface area contributed by atoms with Gasteiger partial charge in [-0.3, -0.25) is 0 Å². The lowest BCUT2D eigenvalue weighted by Crippen LogP contribution is -2.28. The van der Waals surface area contributed by atoms with E-state index >= 15 is 0 Å². The summed E-state index contributed by atoms with van der Waals surface area (Å²) in [4.78, 5) is 8.89. The van der Waals surface area contributed by atoms with E-state index in [1.165, 1.54) is 0 Å². The Balaban J connectivity index is 2.16. The van der Waals surface area contributed by atoms with Gasteiger partial charge in [-0.2, -0.15) is 0 Å². The Hall–Kier alpha value is -1.40. The Morgan fingerprint density at radius 2 is 1.94 bits per heavy atom. The van der Waals surface area contributed by atoms with E-state index in [2.05, 4.69) is 20.6 Å². The smallest absolute Gasteiger partial charge is 0.136 e. The number of anilines is 2. The molecule has 2 rings (SSSR count). The van der Waals surface area contributed by atoms with Crippen LogP contribution in [-0.2, 0) is 0 Å². The molecule has 0 bridgehead atoms. The molecule has 1 fully saturated rings.